The Morgan fingerprint density at radius 1 is 0.969 bits per heavy atom. The molecule has 164 valence electrons. The lowest BCUT2D eigenvalue weighted by Gasteiger charge is -2.24. The van der Waals surface area contributed by atoms with Crippen molar-refractivity contribution < 1.29 is 4.79 Å². The fourth-order valence-corrected chi connectivity index (χ4v) is 4.87. The first kappa shape index (κ1) is 20.5. The number of carbonyl (C=O) groups is 1. The number of fused-ring (bicyclic) bond motifs is 3. The molecule has 0 N–H and O–H groups in total. The molecule has 0 aliphatic carbocycles. The summed E-state index contributed by atoms with van der Waals surface area (Å²) in [4.78, 5) is 27.5. The Bertz CT molecular complexity index is 1190. The van der Waals surface area contributed by atoms with Crippen molar-refractivity contribution in [3.63, 3.8) is 0 Å². The van der Waals surface area contributed by atoms with E-state index in [0.717, 1.165) is 80.2 Å². The zero-order valence-electron chi connectivity index (χ0n) is 18.5. The lowest BCUT2D eigenvalue weighted by Crippen LogP contribution is -2.35. The molecule has 4 heterocycles. The van der Waals surface area contributed by atoms with Gasteiger partial charge in [-0.15, -0.1) is 0 Å². The van der Waals surface area contributed by atoms with Gasteiger partial charge in [-0.25, -0.2) is 9.97 Å². The first-order valence-corrected chi connectivity index (χ1v) is 11.5. The molecule has 2 aromatic heterocycles. The van der Waals surface area contributed by atoms with E-state index in [1.807, 2.05) is 42.2 Å². The third-order valence-electron chi connectivity index (χ3n) is 6.57. The van der Waals surface area contributed by atoms with Gasteiger partial charge in [0.05, 0.1) is 17.2 Å². The van der Waals surface area contributed by atoms with E-state index in [9.17, 15) is 4.79 Å². The molecule has 0 bridgehead atoms. The Balaban J connectivity index is 1.40. The van der Waals surface area contributed by atoms with Crippen molar-refractivity contribution in [1.29, 1.82) is 5.26 Å². The van der Waals surface area contributed by atoms with Crippen LogP contribution in [0.5, 0.6) is 0 Å². The Kier molecular flexibility index (Phi) is 5.52. The molecule has 1 saturated heterocycles. The highest BCUT2D eigenvalue weighted by molar-refractivity contribution is 6.04. The molecule has 1 aromatic carbocycles. The summed E-state index contributed by atoms with van der Waals surface area (Å²) >= 11 is 0. The molecule has 7 nitrogen and oxygen atoms in total. The highest BCUT2D eigenvalue weighted by atomic mass is 16.2. The van der Waals surface area contributed by atoms with Crippen molar-refractivity contribution in [2.24, 2.45) is 0 Å². The van der Waals surface area contributed by atoms with Gasteiger partial charge < -0.3 is 14.4 Å². The number of amides is 1. The maximum atomic E-state index is 13.6. The van der Waals surface area contributed by atoms with Crippen LogP contribution in [0, 0.1) is 18.3 Å². The first-order valence-electron chi connectivity index (χ1n) is 11.5. The lowest BCUT2D eigenvalue weighted by molar-refractivity contribution is 0.0768. The fraction of sp³-hybridized carbons (Fsp3) is 0.440. The van der Waals surface area contributed by atoms with E-state index >= 15 is 0 Å². The molecule has 7 heteroatoms. The summed E-state index contributed by atoms with van der Waals surface area (Å²) < 4.78 is 2.22. The second kappa shape index (κ2) is 8.62. The average Bonchev–Trinajstić information content (AvgIpc) is 3.01. The van der Waals surface area contributed by atoms with Crippen LogP contribution in [0.1, 0.15) is 53.1 Å². The number of pyridine rings is 1. The van der Waals surface area contributed by atoms with Crippen LogP contribution in [0.4, 0.5) is 5.69 Å². The van der Waals surface area contributed by atoms with Crippen LogP contribution in [0.3, 0.4) is 0 Å². The van der Waals surface area contributed by atoms with Gasteiger partial charge in [0, 0.05) is 50.5 Å². The van der Waals surface area contributed by atoms with Crippen molar-refractivity contribution >= 4 is 22.8 Å². The molecule has 3 aromatic rings. The Morgan fingerprint density at radius 2 is 1.81 bits per heavy atom. The van der Waals surface area contributed by atoms with E-state index in [0.29, 0.717) is 17.7 Å². The van der Waals surface area contributed by atoms with Crippen molar-refractivity contribution in [2.75, 3.05) is 31.1 Å². The quantitative estimate of drug-likeness (QED) is 0.622. The summed E-state index contributed by atoms with van der Waals surface area (Å²) in [6, 6.07) is 11.7. The topological polar surface area (TPSA) is 78.0 Å². The van der Waals surface area contributed by atoms with Crippen LogP contribution in [-0.4, -0.2) is 51.5 Å². The highest BCUT2D eigenvalue weighted by Gasteiger charge is 2.25. The molecule has 1 fully saturated rings. The molecule has 2 aliphatic rings. The number of hydrogen-bond donors (Lipinski definition) is 0. The van der Waals surface area contributed by atoms with Crippen molar-refractivity contribution in [1.82, 2.24) is 19.4 Å². The summed E-state index contributed by atoms with van der Waals surface area (Å²) in [5.41, 5.74) is 4.92. The number of hydrogen-bond acceptors (Lipinski definition) is 5. The van der Waals surface area contributed by atoms with E-state index in [-0.39, 0.29) is 5.91 Å². The number of imidazole rings is 1. The normalized spacial score (nSPS) is 16.9. The van der Waals surface area contributed by atoms with Gasteiger partial charge >= 0.3 is 0 Å². The standard InChI is InChI=1S/C25H28N6O/c1-18-16-21(23-24(27-18)31-13-4-2-3-6-22(31)28-23)25(32)30-12-5-11-29(14-15-30)20-9-7-19(17-26)8-10-20/h7-10,16H,2-6,11-15H2,1H3. The van der Waals surface area contributed by atoms with Gasteiger partial charge in [0.2, 0.25) is 0 Å². The number of carbonyl (C=O) groups excluding carboxylic acids is 1. The maximum absolute atomic E-state index is 13.6. The molecule has 0 radical (unpaired) electrons. The molecular formula is C25H28N6O. The minimum atomic E-state index is 0.0513. The largest absolute Gasteiger partial charge is 0.370 e. The molecule has 0 saturated carbocycles. The highest BCUT2D eigenvalue weighted by Crippen LogP contribution is 2.25. The van der Waals surface area contributed by atoms with Crippen molar-refractivity contribution in [3.8, 4) is 6.07 Å². The number of aromatic nitrogens is 3. The SMILES string of the molecule is Cc1cc(C(=O)N2CCCN(c3ccc(C#N)cc3)CC2)c2nc3n(c2n1)CCCCC3. The summed E-state index contributed by atoms with van der Waals surface area (Å²) in [5.74, 6) is 1.11. The van der Waals surface area contributed by atoms with Crippen LogP contribution in [-0.2, 0) is 13.0 Å². The van der Waals surface area contributed by atoms with Gasteiger partial charge in [0.25, 0.3) is 5.91 Å². The van der Waals surface area contributed by atoms with Gasteiger partial charge in [0.15, 0.2) is 5.65 Å². The summed E-state index contributed by atoms with van der Waals surface area (Å²) in [6.07, 6.45) is 5.34. The van der Waals surface area contributed by atoms with E-state index in [1.165, 1.54) is 6.42 Å². The molecule has 32 heavy (non-hydrogen) atoms. The third-order valence-corrected chi connectivity index (χ3v) is 6.57. The second-order valence-electron chi connectivity index (χ2n) is 8.77. The molecule has 2 aliphatic heterocycles. The van der Waals surface area contributed by atoms with E-state index in [2.05, 4.69) is 15.5 Å². The lowest BCUT2D eigenvalue weighted by atomic mass is 10.1. The predicted molar refractivity (Wildman–Crippen MR) is 124 cm³/mol. The number of aryl methyl sites for hydroxylation is 3. The van der Waals surface area contributed by atoms with Gasteiger partial charge in [-0.05, 0) is 56.5 Å². The minimum Gasteiger partial charge on any atom is -0.370 e. The molecule has 5 rings (SSSR count). The van der Waals surface area contributed by atoms with Crippen LogP contribution >= 0.6 is 0 Å². The van der Waals surface area contributed by atoms with E-state index in [4.69, 9.17) is 15.2 Å². The Morgan fingerprint density at radius 3 is 2.62 bits per heavy atom. The second-order valence-corrected chi connectivity index (χ2v) is 8.77. The van der Waals surface area contributed by atoms with Gasteiger partial charge in [-0.3, -0.25) is 4.79 Å². The first-order chi connectivity index (χ1) is 15.6. The van der Waals surface area contributed by atoms with Crippen LogP contribution in [0.2, 0.25) is 0 Å². The monoisotopic (exact) mass is 428 g/mol. The molecule has 0 spiro atoms. The number of rotatable bonds is 2. The number of benzene rings is 1. The summed E-state index contributed by atoms with van der Waals surface area (Å²) in [7, 11) is 0. The smallest absolute Gasteiger partial charge is 0.256 e. The summed E-state index contributed by atoms with van der Waals surface area (Å²) in [6.45, 7) is 5.93. The van der Waals surface area contributed by atoms with Crippen LogP contribution in [0.15, 0.2) is 30.3 Å². The molecule has 1 amide bonds. The van der Waals surface area contributed by atoms with Gasteiger partial charge in [-0.2, -0.15) is 5.26 Å². The Labute approximate surface area is 188 Å². The van der Waals surface area contributed by atoms with E-state index in [1.54, 1.807) is 0 Å². The number of nitrogens with zero attached hydrogens (tertiary/aromatic N) is 6. The molecule has 0 unspecified atom stereocenters. The van der Waals surface area contributed by atoms with Crippen molar-refractivity contribution in [2.45, 2.75) is 45.6 Å². The van der Waals surface area contributed by atoms with Crippen LogP contribution in [0.25, 0.3) is 11.2 Å². The zero-order chi connectivity index (χ0) is 22.1. The third kappa shape index (κ3) is 3.81. The minimum absolute atomic E-state index is 0.0513. The van der Waals surface area contributed by atoms with Crippen LogP contribution < -0.4 is 4.90 Å². The van der Waals surface area contributed by atoms with E-state index < -0.39 is 0 Å². The number of anilines is 1. The average molecular weight is 429 g/mol. The molecular weight excluding hydrogens is 400 g/mol. The Hall–Kier alpha value is -3.40. The molecule has 0 atom stereocenters. The zero-order valence-corrected chi connectivity index (χ0v) is 18.5. The summed E-state index contributed by atoms with van der Waals surface area (Å²) in [5, 5.41) is 9.03. The fourth-order valence-electron chi connectivity index (χ4n) is 4.87. The number of nitriles is 1. The predicted octanol–water partition coefficient (Wildman–Crippen LogP) is 3.69. The maximum Gasteiger partial charge on any atom is 0.256 e. The van der Waals surface area contributed by atoms with Gasteiger partial charge in [0.1, 0.15) is 11.3 Å². The van der Waals surface area contributed by atoms with Crippen molar-refractivity contribution in [3.05, 3.63) is 53.0 Å². The van der Waals surface area contributed by atoms with Gasteiger partial charge in [-0.1, -0.05) is 6.42 Å².